The number of nitrogens with one attached hydrogen (secondary N) is 2. The predicted octanol–water partition coefficient (Wildman–Crippen LogP) is 6.42. The lowest BCUT2D eigenvalue weighted by molar-refractivity contribution is 0.142. The second-order valence-electron chi connectivity index (χ2n) is 11.3. The molecule has 1 heterocycles. The molecule has 1 aliphatic heterocycles. The van der Waals surface area contributed by atoms with Crippen LogP contribution in [0.1, 0.15) is 70.3 Å². The summed E-state index contributed by atoms with van der Waals surface area (Å²) in [5.41, 5.74) is 1.76. The Hall–Kier alpha value is -2.49. The van der Waals surface area contributed by atoms with E-state index in [0.717, 1.165) is 83.1 Å². The van der Waals surface area contributed by atoms with Crippen molar-refractivity contribution in [2.45, 2.75) is 83.2 Å². The number of unbranched alkanes of at least 4 members (excludes halogenated alkanes) is 1. The van der Waals surface area contributed by atoms with E-state index in [4.69, 9.17) is 4.74 Å². The Balaban J connectivity index is 0.00000462. The number of carbonyl (C=O) groups excluding carboxylic acids is 1. The van der Waals surface area contributed by atoms with E-state index in [1.54, 1.807) is 24.3 Å². The molecule has 2 fully saturated rings. The molecule has 0 unspecified atom stereocenters. The normalized spacial score (nSPS) is 16.9. The maximum Gasteiger partial charge on any atom is 0.317 e. The van der Waals surface area contributed by atoms with E-state index in [0.29, 0.717) is 17.5 Å². The number of benzene rings is 2. The summed E-state index contributed by atoms with van der Waals surface area (Å²) in [6, 6.07) is 15.8. The van der Waals surface area contributed by atoms with Gasteiger partial charge in [-0.05, 0) is 80.5 Å². The molecule has 8 nitrogen and oxygen atoms in total. The first-order valence-corrected chi connectivity index (χ1v) is 16.8. The fraction of sp³-hybridized carbons (Fsp3) is 0.581. The van der Waals surface area contributed by atoms with Crippen LogP contribution in [0, 0.1) is 0 Å². The monoisotopic (exact) mass is 606 g/mol. The first-order valence-electron chi connectivity index (χ1n) is 14.9. The minimum absolute atomic E-state index is 0. The highest BCUT2D eigenvalue weighted by atomic mass is 35.5. The molecule has 1 saturated carbocycles. The van der Waals surface area contributed by atoms with Crippen molar-refractivity contribution in [3.05, 3.63) is 54.1 Å². The van der Waals surface area contributed by atoms with Crippen molar-refractivity contribution in [1.29, 1.82) is 0 Å². The number of ether oxygens (including phenoxy) is 1. The number of hydrogen-bond donors (Lipinski definition) is 2. The van der Waals surface area contributed by atoms with Gasteiger partial charge in [-0.25, -0.2) is 13.2 Å². The molecular formula is C31H47ClN4O4S. The molecule has 4 rings (SSSR count). The number of carbonyl (C=O) groups is 1. The summed E-state index contributed by atoms with van der Waals surface area (Å²) in [6.45, 7) is 6.09. The van der Waals surface area contributed by atoms with Gasteiger partial charge in [-0.15, -0.1) is 12.4 Å². The molecule has 2 N–H and O–H groups in total. The molecule has 1 saturated heterocycles. The Bertz CT molecular complexity index is 1160. The van der Waals surface area contributed by atoms with Crippen molar-refractivity contribution >= 4 is 34.1 Å². The van der Waals surface area contributed by atoms with Gasteiger partial charge in [0.2, 0.25) is 10.0 Å². The molecule has 2 amide bonds. The number of amides is 2. The summed E-state index contributed by atoms with van der Waals surface area (Å²) in [5.74, 6) is 1.39. The van der Waals surface area contributed by atoms with E-state index in [2.05, 4.69) is 38.9 Å². The van der Waals surface area contributed by atoms with Crippen molar-refractivity contribution in [2.24, 2.45) is 0 Å². The molecule has 228 valence electrons. The third-order valence-electron chi connectivity index (χ3n) is 7.98. The third-order valence-corrected chi connectivity index (χ3v) is 8.58. The minimum Gasteiger partial charge on any atom is -0.457 e. The quantitative estimate of drug-likeness (QED) is 0.291. The van der Waals surface area contributed by atoms with E-state index in [1.807, 2.05) is 12.1 Å². The van der Waals surface area contributed by atoms with Gasteiger partial charge in [0.25, 0.3) is 0 Å². The maximum atomic E-state index is 13.2. The lowest BCUT2D eigenvalue weighted by Crippen LogP contribution is -2.52. The van der Waals surface area contributed by atoms with Crippen molar-refractivity contribution in [3.63, 3.8) is 0 Å². The topological polar surface area (TPSA) is 91.0 Å². The maximum absolute atomic E-state index is 13.2. The average molecular weight is 607 g/mol. The summed E-state index contributed by atoms with van der Waals surface area (Å²) in [6.07, 6.45) is 12.4. The van der Waals surface area contributed by atoms with Crippen LogP contribution in [-0.2, 0) is 16.4 Å². The molecule has 10 heteroatoms. The number of nitrogens with zero attached hydrogens (tertiary/aromatic N) is 2. The molecule has 0 bridgehead atoms. The van der Waals surface area contributed by atoms with E-state index in [1.165, 1.54) is 24.8 Å². The number of anilines is 1. The molecule has 41 heavy (non-hydrogen) atoms. The fourth-order valence-electron chi connectivity index (χ4n) is 5.68. The zero-order chi connectivity index (χ0) is 28.4. The van der Waals surface area contributed by atoms with Crippen molar-refractivity contribution < 1.29 is 17.9 Å². The molecule has 1 aliphatic carbocycles. The molecule has 0 radical (unpaired) electrons. The molecule has 0 aromatic heterocycles. The zero-order valence-electron chi connectivity index (χ0n) is 24.5. The molecule has 0 spiro atoms. The number of piperidine rings is 1. The number of rotatable bonds is 12. The van der Waals surface area contributed by atoms with Gasteiger partial charge in [-0.2, -0.15) is 0 Å². The summed E-state index contributed by atoms with van der Waals surface area (Å²) >= 11 is 0. The van der Waals surface area contributed by atoms with Crippen molar-refractivity contribution in [2.75, 3.05) is 37.2 Å². The second-order valence-corrected chi connectivity index (χ2v) is 13.0. The van der Waals surface area contributed by atoms with Crippen LogP contribution in [-0.4, -0.2) is 68.8 Å². The number of likely N-dealkylation sites (tertiary alicyclic amines) is 1. The summed E-state index contributed by atoms with van der Waals surface area (Å²) in [4.78, 5) is 17.8. The SMILES string of the molecule is CCCCN(C(=O)NC1CCN(CCc2ccc(Oc3ccc(NS(C)(=O)=O)cc3)cc2)CC1)C1CCCCC1.Cl. The minimum atomic E-state index is -3.30. The largest absolute Gasteiger partial charge is 0.457 e. The van der Waals surface area contributed by atoms with Crippen molar-refractivity contribution in [3.8, 4) is 11.5 Å². The van der Waals surface area contributed by atoms with Gasteiger partial charge in [0.05, 0.1) is 6.26 Å². The smallest absolute Gasteiger partial charge is 0.317 e. The highest BCUT2D eigenvalue weighted by molar-refractivity contribution is 7.92. The van der Waals surface area contributed by atoms with Crippen molar-refractivity contribution in [1.82, 2.24) is 15.1 Å². The summed E-state index contributed by atoms with van der Waals surface area (Å²) < 4.78 is 31.1. The summed E-state index contributed by atoms with van der Waals surface area (Å²) in [5, 5.41) is 3.37. The van der Waals surface area contributed by atoms with Crippen LogP contribution in [0.2, 0.25) is 0 Å². The third kappa shape index (κ3) is 11.0. The lowest BCUT2D eigenvalue weighted by Gasteiger charge is -2.37. The fourth-order valence-corrected chi connectivity index (χ4v) is 6.25. The van der Waals surface area contributed by atoms with Crippen LogP contribution in [0.25, 0.3) is 0 Å². The number of halogens is 1. The molecule has 2 aromatic rings. The van der Waals surface area contributed by atoms with Crippen LogP contribution in [0.5, 0.6) is 11.5 Å². The van der Waals surface area contributed by atoms with E-state index >= 15 is 0 Å². The van der Waals surface area contributed by atoms with Gasteiger partial charge in [0.1, 0.15) is 11.5 Å². The number of sulfonamides is 1. The predicted molar refractivity (Wildman–Crippen MR) is 169 cm³/mol. The number of urea groups is 1. The number of hydrogen-bond acceptors (Lipinski definition) is 5. The first kappa shape index (κ1) is 33.0. The average Bonchev–Trinajstić information content (AvgIpc) is 2.94. The summed E-state index contributed by atoms with van der Waals surface area (Å²) in [7, 11) is -3.30. The van der Waals surface area contributed by atoms with Crippen LogP contribution < -0.4 is 14.8 Å². The highest BCUT2D eigenvalue weighted by Crippen LogP contribution is 2.25. The Labute approximate surface area is 252 Å². The lowest BCUT2D eigenvalue weighted by atomic mass is 9.94. The van der Waals surface area contributed by atoms with E-state index in [-0.39, 0.29) is 24.5 Å². The van der Waals surface area contributed by atoms with Gasteiger partial charge in [-0.1, -0.05) is 44.7 Å². The van der Waals surface area contributed by atoms with Crippen LogP contribution in [0.15, 0.2) is 48.5 Å². The van der Waals surface area contributed by atoms with Gasteiger partial charge in [0.15, 0.2) is 0 Å². The van der Waals surface area contributed by atoms with Gasteiger partial charge < -0.3 is 19.9 Å². The zero-order valence-corrected chi connectivity index (χ0v) is 26.1. The van der Waals surface area contributed by atoms with Crippen LogP contribution in [0.4, 0.5) is 10.5 Å². The van der Waals surface area contributed by atoms with E-state index < -0.39 is 10.0 Å². The first-order chi connectivity index (χ1) is 19.3. The Morgan fingerprint density at radius 2 is 1.56 bits per heavy atom. The standard InChI is InChI=1S/C31H46N4O4S.ClH/c1-3-4-21-35(28-8-6-5-7-9-28)31(36)32-26-19-23-34(24-20-26)22-18-25-10-14-29(15-11-25)39-30-16-12-27(13-17-30)33-40(2,37)38;/h10-17,26,28,33H,3-9,18-24H2,1-2H3,(H,32,36);1H. The van der Waals surface area contributed by atoms with Gasteiger partial charge in [0, 0.05) is 44.0 Å². The molecular weight excluding hydrogens is 560 g/mol. The molecule has 2 aliphatic rings. The Morgan fingerprint density at radius 3 is 2.15 bits per heavy atom. The van der Waals surface area contributed by atoms with Crippen LogP contribution in [0.3, 0.4) is 0 Å². The second kappa shape index (κ2) is 16.2. The highest BCUT2D eigenvalue weighted by Gasteiger charge is 2.28. The van der Waals surface area contributed by atoms with E-state index in [9.17, 15) is 13.2 Å². The Kier molecular flexibility index (Phi) is 13.1. The Morgan fingerprint density at radius 1 is 0.951 bits per heavy atom. The van der Waals surface area contributed by atoms with Crippen LogP contribution >= 0.6 is 12.4 Å². The van der Waals surface area contributed by atoms with Gasteiger partial charge in [-0.3, -0.25) is 4.72 Å². The molecule has 2 aromatic carbocycles. The molecule has 0 atom stereocenters. The van der Waals surface area contributed by atoms with Gasteiger partial charge >= 0.3 is 6.03 Å².